The Morgan fingerprint density at radius 1 is 1.26 bits per heavy atom. The highest BCUT2D eigenvalue weighted by atomic mass is 79.9. The summed E-state index contributed by atoms with van der Waals surface area (Å²) in [4.78, 5) is 2.35. The van der Waals surface area contributed by atoms with Crippen molar-refractivity contribution in [1.29, 1.82) is 0 Å². The van der Waals surface area contributed by atoms with E-state index in [1.54, 1.807) is 11.3 Å². The van der Waals surface area contributed by atoms with Crippen molar-refractivity contribution in [3.05, 3.63) is 62.5 Å². The molecule has 2 heterocycles. The fraction of sp³-hybridized carbons (Fsp3) is 0.278. The Bertz CT molecular complexity index is 806. The van der Waals surface area contributed by atoms with Gasteiger partial charge in [-0.1, -0.05) is 23.8 Å². The minimum atomic E-state index is 0.915. The molecule has 120 valence electrons. The van der Waals surface area contributed by atoms with Gasteiger partial charge in [-0.15, -0.1) is 11.3 Å². The van der Waals surface area contributed by atoms with Crippen molar-refractivity contribution in [3.63, 3.8) is 0 Å². The smallest absolute Gasteiger partial charge is 0.0701 e. The van der Waals surface area contributed by atoms with E-state index in [0.717, 1.165) is 13.1 Å². The summed E-state index contributed by atoms with van der Waals surface area (Å²) in [6.07, 6.45) is 4.02. The van der Waals surface area contributed by atoms with Crippen LogP contribution in [0.2, 0.25) is 0 Å². The third kappa shape index (κ3) is 4.10. The van der Waals surface area contributed by atoms with E-state index in [1.807, 2.05) is 17.9 Å². The van der Waals surface area contributed by atoms with Crippen LogP contribution in [0.25, 0.3) is 11.1 Å². The molecule has 0 radical (unpaired) electrons. The van der Waals surface area contributed by atoms with Crippen LogP contribution >= 0.6 is 27.3 Å². The highest BCUT2D eigenvalue weighted by Gasteiger charge is 2.10. The normalized spacial score (nSPS) is 11.3. The van der Waals surface area contributed by atoms with Gasteiger partial charge in [0.2, 0.25) is 0 Å². The highest BCUT2D eigenvalue weighted by molar-refractivity contribution is 9.11. The summed E-state index contributed by atoms with van der Waals surface area (Å²) in [7, 11) is 4.12. The van der Waals surface area contributed by atoms with E-state index in [0.29, 0.717) is 0 Å². The average Bonchev–Trinajstić information content (AvgIpc) is 3.09. The summed E-state index contributed by atoms with van der Waals surface area (Å²) in [5.74, 6) is 0. The molecule has 0 amide bonds. The molecule has 1 aromatic carbocycles. The minimum Gasteiger partial charge on any atom is -0.298 e. The van der Waals surface area contributed by atoms with Gasteiger partial charge in [-0.05, 0) is 58.0 Å². The second kappa shape index (κ2) is 6.99. The van der Waals surface area contributed by atoms with Crippen LogP contribution in [-0.2, 0) is 20.1 Å². The Hall–Kier alpha value is -1.43. The second-order valence-electron chi connectivity index (χ2n) is 5.99. The van der Waals surface area contributed by atoms with E-state index in [9.17, 15) is 0 Å². The van der Waals surface area contributed by atoms with Gasteiger partial charge in [0.05, 0.1) is 9.98 Å². The first-order chi connectivity index (χ1) is 11.0. The number of thiophene rings is 1. The zero-order chi connectivity index (χ0) is 16.4. The van der Waals surface area contributed by atoms with Crippen LogP contribution in [0.3, 0.4) is 0 Å². The van der Waals surface area contributed by atoms with Crippen LogP contribution in [0.5, 0.6) is 0 Å². The van der Waals surface area contributed by atoms with Crippen molar-refractivity contribution < 1.29 is 0 Å². The van der Waals surface area contributed by atoms with Gasteiger partial charge in [0.1, 0.15) is 0 Å². The number of hydrogen-bond donors (Lipinski definition) is 0. The topological polar surface area (TPSA) is 21.1 Å². The SMILES string of the molecule is Cc1ccc(CN(C)Cc2csc(Br)c2)c(-c2cnn(C)c2)c1. The predicted octanol–water partition coefficient (Wildman–Crippen LogP) is 4.85. The molecule has 0 spiro atoms. The molecule has 0 saturated carbocycles. The first-order valence-corrected chi connectivity index (χ1v) is 9.18. The lowest BCUT2D eigenvalue weighted by Crippen LogP contribution is -2.17. The van der Waals surface area contributed by atoms with E-state index in [1.165, 1.54) is 31.6 Å². The largest absolute Gasteiger partial charge is 0.298 e. The minimum absolute atomic E-state index is 0.915. The zero-order valence-electron chi connectivity index (χ0n) is 13.6. The Kier molecular flexibility index (Phi) is 4.99. The summed E-state index contributed by atoms with van der Waals surface area (Å²) in [6.45, 7) is 4.00. The number of nitrogens with zero attached hydrogens (tertiary/aromatic N) is 3. The molecule has 0 aliphatic carbocycles. The number of halogens is 1. The first kappa shape index (κ1) is 16.4. The Labute approximate surface area is 149 Å². The summed E-state index contributed by atoms with van der Waals surface area (Å²) >= 11 is 5.27. The predicted molar refractivity (Wildman–Crippen MR) is 101 cm³/mol. The molecule has 23 heavy (non-hydrogen) atoms. The summed E-state index contributed by atoms with van der Waals surface area (Å²) in [5.41, 5.74) is 6.41. The maximum Gasteiger partial charge on any atom is 0.0701 e. The first-order valence-electron chi connectivity index (χ1n) is 7.51. The van der Waals surface area contributed by atoms with Gasteiger partial charge >= 0.3 is 0 Å². The van der Waals surface area contributed by atoms with Crippen molar-refractivity contribution >= 4 is 27.3 Å². The maximum absolute atomic E-state index is 4.31. The number of aryl methyl sites for hydroxylation is 2. The van der Waals surface area contributed by atoms with E-state index in [2.05, 4.69) is 75.7 Å². The third-order valence-corrected chi connectivity index (χ3v) is 5.35. The molecule has 0 bridgehead atoms. The highest BCUT2D eigenvalue weighted by Crippen LogP contribution is 2.27. The van der Waals surface area contributed by atoms with Gasteiger partial charge in [0.15, 0.2) is 0 Å². The molecule has 0 saturated heterocycles. The number of aromatic nitrogens is 2. The van der Waals surface area contributed by atoms with Gasteiger partial charge in [0.25, 0.3) is 0 Å². The third-order valence-electron chi connectivity index (χ3n) is 3.80. The van der Waals surface area contributed by atoms with Gasteiger partial charge in [0, 0.05) is 31.9 Å². The van der Waals surface area contributed by atoms with Crippen molar-refractivity contribution in [2.24, 2.45) is 7.05 Å². The summed E-state index contributed by atoms with van der Waals surface area (Å²) in [6, 6.07) is 8.86. The molecule has 3 nitrogen and oxygen atoms in total. The van der Waals surface area contributed by atoms with E-state index >= 15 is 0 Å². The zero-order valence-corrected chi connectivity index (χ0v) is 16.0. The van der Waals surface area contributed by atoms with Crippen LogP contribution in [0.15, 0.2) is 45.8 Å². The molecule has 3 rings (SSSR count). The number of hydrogen-bond acceptors (Lipinski definition) is 3. The Morgan fingerprint density at radius 3 is 2.74 bits per heavy atom. The fourth-order valence-electron chi connectivity index (χ4n) is 2.74. The van der Waals surface area contributed by atoms with Crippen molar-refractivity contribution in [1.82, 2.24) is 14.7 Å². The van der Waals surface area contributed by atoms with Gasteiger partial charge in [-0.3, -0.25) is 9.58 Å². The van der Waals surface area contributed by atoms with Gasteiger partial charge in [-0.25, -0.2) is 0 Å². The molecule has 5 heteroatoms. The summed E-state index contributed by atoms with van der Waals surface area (Å²) in [5, 5.41) is 6.52. The van der Waals surface area contributed by atoms with Crippen molar-refractivity contribution in [2.45, 2.75) is 20.0 Å². The molecule has 0 N–H and O–H groups in total. The maximum atomic E-state index is 4.31. The molecule has 0 aliphatic heterocycles. The molecule has 3 aromatic rings. The van der Waals surface area contributed by atoms with E-state index < -0.39 is 0 Å². The monoisotopic (exact) mass is 389 g/mol. The quantitative estimate of drug-likeness (QED) is 0.621. The van der Waals surface area contributed by atoms with Gasteiger partial charge in [-0.2, -0.15) is 5.10 Å². The molecule has 0 unspecified atom stereocenters. The molecule has 0 aliphatic rings. The van der Waals surface area contributed by atoms with E-state index in [4.69, 9.17) is 0 Å². The Morgan fingerprint density at radius 2 is 2.09 bits per heavy atom. The summed E-state index contributed by atoms with van der Waals surface area (Å²) < 4.78 is 3.04. The average molecular weight is 390 g/mol. The second-order valence-corrected chi connectivity index (χ2v) is 8.29. The molecular weight excluding hydrogens is 370 g/mol. The van der Waals surface area contributed by atoms with E-state index in [-0.39, 0.29) is 0 Å². The standard InChI is InChI=1S/C18H20BrN3S/c1-13-4-5-15(17(6-13)16-8-20-22(3)11-16)10-21(2)9-14-7-18(19)23-12-14/h4-8,11-12H,9-10H2,1-3H3. The van der Waals surface area contributed by atoms with Crippen LogP contribution in [0.1, 0.15) is 16.7 Å². The van der Waals surface area contributed by atoms with Crippen molar-refractivity contribution in [2.75, 3.05) is 7.05 Å². The molecular formula is C18H20BrN3S. The lowest BCUT2D eigenvalue weighted by atomic mass is 9.99. The lowest BCUT2D eigenvalue weighted by molar-refractivity contribution is 0.320. The van der Waals surface area contributed by atoms with Gasteiger partial charge < -0.3 is 0 Å². The van der Waals surface area contributed by atoms with Crippen molar-refractivity contribution in [3.8, 4) is 11.1 Å². The lowest BCUT2D eigenvalue weighted by Gasteiger charge is -2.18. The van der Waals surface area contributed by atoms with Crippen LogP contribution in [0.4, 0.5) is 0 Å². The molecule has 0 atom stereocenters. The molecule has 0 fully saturated rings. The fourth-order valence-corrected chi connectivity index (χ4v) is 3.94. The van der Waals surface area contributed by atoms with Crippen LogP contribution in [0, 0.1) is 6.92 Å². The molecule has 2 aromatic heterocycles. The van der Waals surface area contributed by atoms with Crippen LogP contribution < -0.4 is 0 Å². The van der Waals surface area contributed by atoms with Crippen LogP contribution in [-0.4, -0.2) is 21.7 Å². The number of rotatable bonds is 5. The number of benzene rings is 1. The Balaban J connectivity index is 1.82.